The van der Waals surface area contributed by atoms with Crippen LogP contribution in [-0.2, 0) is 6.42 Å². The fraction of sp³-hybridized carbons (Fsp3) is 0.333. The first-order chi connectivity index (χ1) is 8.94. The van der Waals surface area contributed by atoms with Crippen molar-refractivity contribution >= 4 is 16.7 Å². The quantitative estimate of drug-likeness (QED) is 0.619. The number of nitro groups is 1. The van der Waals surface area contributed by atoms with Crippen molar-refractivity contribution in [3.8, 4) is 0 Å². The van der Waals surface area contributed by atoms with Gasteiger partial charge in [-0.3, -0.25) is 15.1 Å². The zero-order valence-corrected chi connectivity index (χ0v) is 10.5. The highest BCUT2D eigenvalue weighted by Crippen LogP contribution is 2.27. The normalized spacial score (nSPS) is 14.3. The van der Waals surface area contributed by atoms with Gasteiger partial charge in [-0.25, -0.2) is 4.98 Å². The van der Waals surface area contributed by atoms with Gasteiger partial charge in [0.05, 0.1) is 21.5 Å². The van der Waals surface area contributed by atoms with E-state index < -0.39 is 10.5 Å². The molecule has 0 saturated heterocycles. The first-order valence-electron chi connectivity index (χ1n) is 5.80. The van der Waals surface area contributed by atoms with Crippen LogP contribution in [0, 0.1) is 10.1 Å². The van der Waals surface area contributed by atoms with Crippen molar-refractivity contribution in [3.63, 3.8) is 0 Å². The summed E-state index contributed by atoms with van der Waals surface area (Å²) in [6.45, 7) is 1.98. The molecule has 7 nitrogen and oxygen atoms in total. The highest BCUT2D eigenvalue weighted by molar-refractivity contribution is 5.81. The fourth-order valence-electron chi connectivity index (χ4n) is 1.87. The van der Waals surface area contributed by atoms with Gasteiger partial charge in [-0.2, -0.15) is 0 Å². The molecule has 2 rings (SSSR count). The molecule has 0 aromatic carbocycles. The summed E-state index contributed by atoms with van der Waals surface area (Å²) in [5.41, 5.74) is 12.4. The maximum atomic E-state index is 11.1. The van der Waals surface area contributed by atoms with Crippen molar-refractivity contribution in [2.75, 3.05) is 6.54 Å². The predicted molar refractivity (Wildman–Crippen MR) is 71.5 cm³/mol. The number of hydrogen-bond acceptors (Lipinski definition) is 6. The van der Waals surface area contributed by atoms with Gasteiger partial charge in [0.25, 0.3) is 5.69 Å². The van der Waals surface area contributed by atoms with Crippen molar-refractivity contribution in [3.05, 3.63) is 40.2 Å². The molecular weight excluding hydrogens is 246 g/mol. The molecule has 19 heavy (non-hydrogen) atoms. The highest BCUT2D eigenvalue weighted by atomic mass is 16.6. The minimum atomic E-state index is -0.726. The van der Waals surface area contributed by atoms with Gasteiger partial charge in [0.2, 0.25) is 0 Å². The van der Waals surface area contributed by atoms with Gasteiger partial charge in [0.1, 0.15) is 6.20 Å². The average molecular weight is 261 g/mol. The molecule has 0 fully saturated rings. The fourth-order valence-corrected chi connectivity index (χ4v) is 1.87. The number of aromatic nitrogens is 2. The molecule has 0 aliphatic heterocycles. The topological polar surface area (TPSA) is 121 Å². The van der Waals surface area contributed by atoms with Crippen molar-refractivity contribution in [2.45, 2.75) is 18.9 Å². The van der Waals surface area contributed by atoms with Crippen LogP contribution in [0.5, 0.6) is 0 Å². The predicted octanol–water partition coefficient (Wildman–Crippen LogP) is 0.757. The molecule has 2 heterocycles. The number of rotatable bonds is 4. The molecule has 7 heteroatoms. The van der Waals surface area contributed by atoms with Crippen molar-refractivity contribution in [1.29, 1.82) is 0 Å². The van der Waals surface area contributed by atoms with E-state index in [9.17, 15) is 10.1 Å². The second-order valence-corrected chi connectivity index (χ2v) is 4.79. The zero-order valence-electron chi connectivity index (χ0n) is 10.5. The van der Waals surface area contributed by atoms with E-state index in [1.807, 2.05) is 0 Å². The molecule has 2 aromatic heterocycles. The maximum absolute atomic E-state index is 11.1. The van der Waals surface area contributed by atoms with Crippen LogP contribution in [0.2, 0.25) is 0 Å². The van der Waals surface area contributed by atoms with Crippen LogP contribution >= 0.6 is 0 Å². The van der Waals surface area contributed by atoms with Crippen LogP contribution in [0.4, 0.5) is 5.69 Å². The van der Waals surface area contributed by atoms with Gasteiger partial charge in [-0.05, 0) is 19.1 Å². The minimum absolute atomic E-state index is 0.0728. The molecule has 4 N–H and O–H groups in total. The van der Waals surface area contributed by atoms with E-state index in [-0.39, 0.29) is 18.7 Å². The molecule has 100 valence electrons. The Bertz CT molecular complexity index is 627. The Labute approximate surface area is 109 Å². The summed E-state index contributed by atoms with van der Waals surface area (Å²) in [6.07, 6.45) is 3.09. The number of pyridine rings is 2. The minimum Gasteiger partial charge on any atom is -0.329 e. The lowest BCUT2D eigenvalue weighted by atomic mass is 9.93. The van der Waals surface area contributed by atoms with Crippen LogP contribution in [-0.4, -0.2) is 27.0 Å². The Hall–Kier alpha value is -2.12. The maximum Gasteiger partial charge on any atom is 0.292 e. The third-order valence-electron chi connectivity index (χ3n) is 2.95. The summed E-state index contributed by atoms with van der Waals surface area (Å²) in [5, 5.41) is 11.1. The Balaban J connectivity index is 2.66. The standard InChI is InChI=1S/C12H15N5O2/c1-12(14,7-13)5-8-10(17(18)19)6-16-9-3-2-4-15-11(8)9/h2-4,6H,5,7,13-14H2,1H3. The highest BCUT2D eigenvalue weighted by Gasteiger charge is 2.26. The average Bonchev–Trinajstić information content (AvgIpc) is 2.38. The van der Waals surface area contributed by atoms with Gasteiger partial charge in [-0.15, -0.1) is 0 Å². The Morgan fingerprint density at radius 3 is 2.84 bits per heavy atom. The van der Waals surface area contributed by atoms with Crippen LogP contribution < -0.4 is 11.5 Å². The van der Waals surface area contributed by atoms with Gasteiger partial charge in [0, 0.05) is 24.7 Å². The van der Waals surface area contributed by atoms with Crippen molar-refractivity contribution in [1.82, 2.24) is 9.97 Å². The summed E-state index contributed by atoms with van der Waals surface area (Å²) in [6, 6.07) is 3.49. The largest absolute Gasteiger partial charge is 0.329 e. The van der Waals surface area contributed by atoms with E-state index in [0.29, 0.717) is 16.6 Å². The van der Waals surface area contributed by atoms with Gasteiger partial charge in [-0.1, -0.05) is 0 Å². The Morgan fingerprint density at radius 1 is 1.47 bits per heavy atom. The first-order valence-corrected chi connectivity index (χ1v) is 5.80. The molecule has 0 saturated carbocycles. The Morgan fingerprint density at radius 2 is 2.21 bits per heavy atom. The van der Waals surface area contributed by atoms with Crippen LogP contribution in [0.15, 0.2) is 24.5 Å². The summed E-state index contributed by atoms with van der Waals surface area (Å²) >= 11 is 0. The molecule has 2 aromatic rings. The smallest absolute Gasteiger partial charge is 0.292 e. The summed E-state index contributed by atoms with van der Waals surface area (Å²) in [5.74, 6) is 0. The van der Waals surface area contributed by atoms with Crippen LogP contribution in [0.25, 0.3) is 11.0 Å². The van der Waals surface area contributed by atoms with E-state index in [0.717, 1.165) is 0 Å². The van der Waals surface area contributed by atoms with Gasteiger partial charge < -0.3 is 11.5 Å². The van der Waals surface area contributed by atoms with E-state index in [1.165, 1.54) is 6.20 Å². The van der Waals surface area contributed by atoms with Crippen LogP contribution in [0.3, 0.4) is 0 Å². The number of fused-ring (bicyclic) bond motifs is 1. The van der Waals surface area contributed by atoms with Crippen molar-refractivity contribution in [2.24, 2.45) is 11.5 Å². The third-order valence-corrected chi connectivity index (χ3v) is 2.95. The van der Waals surface area contributed by atoms with E-state index in [4.69, 9.17) is 11.5 Å². The van der Waals surface area contributed by atoms with E-state index in [2.05, 4.69) is 9.97 Å². The van der Waals surface area contributed by atoms with E-state index in [1.54, 1.807) is 25.3 Å². The second kappa shape index (κ2) is 4.87. The van der Waals surface area contributed by atoms with Crippen molar-refractivity contribution < 1.29 is 4.92 Å². The van der Waals surface area contributed by atoms with E-state index >= 15 is 0 Å². The SMILES string of the molecule is CC(N)(CN)Cc1c([N+](=O)[O-])cnc2cccnc12. The lowest BCUT2D eigenvalue weighted by Crippen LogP contribution is -2.46. The molecule has 0 aliphatic rings. The lowest BCUT2D eigenvalue weighted by molar-refractivity contribution is -0.385. The molecule has 0 radical (unpaired) electrons. The number of nitrogens with two attached hydrogens (primary N) is 2. The van der Waals surface area contributed by atoms with Gasteiger partial charge in [0.15, 0.2) is 0 Å². The summed E-state index contributed by atoms with van der Waals surface area (Å²) in [4.78, 5) is 18.9. The molecule has 0 bridgehead atoms. The number of hydrogen-bond donors (Lipinski definition) is 2. The van der Waals surface area contributed by atoms with Crippen LogP contribution in [0.1, 0.15) is 12.5 Å². The molecule has 0 amide bonds. The summed E-state index contributed by atoms with van der Waals surface area (Å²) < 4.78 is 0. The molecule has 1 unspecified atom stereocenters. The molecule has 0 spiro atoms. The molecular formula is C12H15N5O2. The summed E-state index contributed by atoms with van der Waals surface area (Å²) in [7, 11) is 0. The number of nitrogens with zero attached hydrogens (tertiary/aromatic N) is 3. The third kappa shape index (κ3) is 2.67. The zero-order chi connectivity index (χ0) is 14.0. The Kier molecular flexibility index (Phi) is 3.41. The molecule has 1 atom stereocenters. The van der Waals surface area contributed by atoms with Gasteiger partial charge >= 0.3 is 0 Å². The lowest BCUT2D eigenvalue weighted by Gasteiger charge is -2.22. The second-order valence-electron chi connectivity index (χ2n) is 4.79. The molecule has 0 aliphatic carbocycles. The first kappa shape index (κ1) is 13.3. The monoisotopic (exact) mass is 261 g/mol.